The molecule has 33 heavy (non-hydrogen) atoms. The van der Waals surface area contributed by atoms with Crippen molar-refractivity contribution >= 4 is 22.4 Å². The van der Waals surface area contributed by atoms with Crippen molar-refractivity contribution in [2.75, 3.05) is 36.4 Å². The Morgan fingerprint density at radius 3 is 3.00 bits per heavy atom. The van der Waals surface area contributed by atoms with Crippen LogP contribution in [-0.4, -0.2) is 59.2 Å². The van der Waals surface area contributed by atoms with Gasteiger partial charge >= 0.3 is 0 Å². The highest BCUT2D eigenvalue weighted by Crippen LogP contribution is 2.34. The third kappa shape index (κ3) is 3.69. The molecule has 3 aliphatic heterocycles. The van der Waals surface area contributed by atoms with E-state index >= 15 is 0 Å². The highest BCUT2D eigenvalue weighted by atomic mass is 15.3. The Morgan fingerprint density at radius 1 is 1.15 bits per heavy atom. The van der Waals surface area contributed by atoms with E-state index in [1.165, 1.54) is 16.9 Å². The van der Waals surface area contributed by atoms with Crippen LogP contribution < -0.4 is 15.5 Å². The van der Waals surface area contributed by atoms with Crippen LogP contribution in [0.25, 0.3) is 10.9 Å². The van der Waals surface area contributed by atoms with Gasteiger partial charge < -0.3 is 15.5 Å². The first-order valence-corrected chi connectivity index (χ1v) is 11.9. The zero-order chi connectivity index (χ0) is 22.4. The predicted molar refractivity (Wildman–Crippen MR) is 130 cm³/mol. The number of fused-ring (bicyclic) bond motifs is 3. The van der Waals surface area contributed by atoms with Crippen molar-refractivity contribution in [2.45, 2.75) is 44.4 Å². The minimum absolute atomic E-state index is 0.402. The molecule has 3 aromatic rings. The van der Waals surface area contributed by atoms with Crippen LogP contribution in [0.2, 0.25) is 0 Å². The summed E-state index contributed by atoms with van der Waals surface area (Å²) in [6.07, 6.45) is 3.94. The molecular weight excluding hydrogens is 410 g/mol. The van der Waals surface area contributed by atoms with Crippen LogP contribution in [0.3, 0.4) is 0 Å². The Kier molecular flexibility index (Phi) is 5.12. The van der Waals surface area contributed by atoms with Crippen molar-refractivity contribution in [1.82, 2.24) is 20.2 Å². The van der Waals surface area contributed by atoms with Crippen LogP contribution in [0.5, 0.6) is 0 Å². The molecule has 3 aliphatic rings. The second-order valence-corrected chi connectivity index (χ2v) is 9.55. The van der Waals surface area contributed by atoms with Gasteiger partial charge in [0.15, 0.2) is 0 Å². The van der Waals surface area contributed by atoms with E-state index in [-0.39, 0.29) is 0 Å². The van der Waals surface area contributed by atoms with Crippen LogP contribution >= 0.6 is 0 Å². The number of hydrogen-bond acceptors (Lipinski definition) is 7. The highest BCUT2D eigenvalue weighted by molar-refractivity contribution is 5.95. The molecule has 0 spiro atoms. The summed E-state index contributed by atoms with van der Waals surface area (Å²) in [6.45, 7) is 7.24. The van der Waals surface area contributed by atoms with Crippen molar-refractivity contribution in [1.29, 1.82) is 5.26 Å². The average Bonchev–Trinajstić information content (AvgIpc) is 3.26. The Labute approximate surface area is 194 Å². The lowest BCUT2D eigenvalue weighted by Crippen LogP contribution is -2.55. The fraction of sp³-hybridized carbons (Fsp3) is 0.423. The van der Waals surface area contributed by atoms with Gasteiger partial charge in [-0.05, 0) is 62.2 Å². The van der Waals surface area contributed by atoms with E-state index in [4.69, 9.17) is 4.98 Å². The first kappa shape index (κ1) is 20.4. The molecule has 1 aromatic carbocycles. The largest absolute Gasteiger partial charge is 0.368 e. The lowest BCUT2D eigenvalue weighted by molar-refractivity contribution is 0.166. The fourth-order valence-corrected chi connectivity index (χ4v) is 5.87. The zero-order valence-electron chi connectivity index (χ0n) is 19.0. The number of anilines is 2. The maximum atomic E-state index is 9.49. The van der Waals surface area contributed by atoms with E-state index in [1.54, 1.807) is 6.20 Å². The van der Waals surface area contributed by atoms with Gasteiger partial charge in [-0.15, -0.1) is 0 Å². The van der Waals surface area contributed by atoms with Crippen molar-refractivity contribution in [3.8, 4) is 6.07 Å². The number of nitrogens with one attached hydrogen (secondary N) is 2. The Balaban J connectivity index is 1.21. The first-order valence-electron chi connectivity index (χ1n) is 11.9. The molecular formula is C26H29N7. The van der Waals surface area contributed by atoms with Crippen LogP contribution in [0.1, 0.15) is 30.2 Å². The van der Waals surface area contributed by atoms with E-state index in [0.717, 1.165) is 62.3 Å². The minimum Gasteiger partial charge on any atom is -0.368 e. The van der Waals surface area contributed by atoms with E-state index in [2.05, 4.69) is 62.7 Å². The monoisotopic (exact) mass is 439 g/mol. The van der Waals surface area contributed by atoms with E-state index < -0.39 is 0 Å². The van der Waals surface area contributed by atoms with Gasteiger partial charge in [-0.2, -0.15) is 5.26 Å². The summed E-state index contributed by atoms with van der Waals surface area (Å²) in [6, 6.07) is 16.1. The molecule has 6 rings (SSSR count). The van der Waals surface area contributed by atoms with Gasteiger partial charge in [-0.3, -0.25) is 9.88 Å². The Hall–Kier alpha value is -3.21. The number of pyridine rings is 2. The van der Waals surface area contributed by atoms with Gasteiger partial charge in [0.05, 0.1) is 16.8 Å². The summed E-state index contributed by atoms with van der Waals surface area (Å²) >= 11 is 0. The lowest BCUT2D eigenvalue weighted by Gasteiger charge is -2.43. The Bertz CT molecular complexity index is 1230. The second kappa shape index (κ2) is 8.29. The standard InChI is InChI=1S/C26H29N7/c1-17-14-32(24-6-4-19(12-27)26-22(24)3-2-9-29-26)16-21-11-20(15-33(17)21)30-25-7-5-18-8-10-28-13-23(18)31-25/h2-7,9,17,20-21,28H,8,10-11,13-16H2,1H3,(H,30,31)/t17-,20-,21+/m1/s1. The molecule has 0 saturated carbocycles. The predicted octanol–water partition coefficient (Wildman–Crippen LogP) is 2.91. The van der Waals surface area contributed by atoms with Gasteiger partial charge in [0.2, 0.25) is 0 Å². The molecule has 7 nitrogen and oxygen atoms in total. The summed E-state index contributed by atoms with van der Waals surface area (Å²) in [5.41, 5.74) is 5.17. The summed E-state index contributed by atoms with van der Waals surface area (Å²) in [4.78, 5) is 14.5. The quantitative estimate of drug-likeness (QED) is 0.650. The molecule has 0 aliphatic carbocycles. The van der Waals surface area contributed by atoms with Gasteiger partial charge in [-0.1, -0.05) is 6.07 Å². The molecule has 2 N–H and O–H groups in total. The average molecular weight is 440 g/mol. The summed E-state index contributed by atoms with van der Waals surface area (Å²) in [5, 5.41) is 17.7. The van der Waals surface area contributed by atoms with E-state index in [0.29, 0.717) is 23.7 Å². The molecule has 0 bridgehead atoms. The molecule has 2 saturated heterocycles. The Morgan fingerprint density at radius 2 is 2.09 bits per heavy atom. The number of aromatic nitrogens is 2. The maximum Gasteiger partial charge on any atom is 0.126 e. The third-order valence-corrected chi connectivity index (χ3v) is 7.43. The van der Waals surface area contributed by atoms with E-state index in [9.17, 15) is 5.26 Å². The number of hydrogen-bond donors (Lipinski definition) is 2. The normalized spacial score (nSPS) is 24.8. The molecule has 5 heterocycles. The number of rotatable bonds is 3. The lowest BCUT2D eigenvalue weighted by atomic mass is 10.0. The first-order chi connectivity index (χ1) is 16.2. The summed E-state index contributed by atoms with van der Waals surface area (Å²) in [5.74, 6) is 0.996. The summed E-state index contributed by atoms with van der Waals surface area (Å²) < 4.78 is 0. The van der Waals surface area contributed by atoms with Crippen molar-refractivity contribution < 1.29 is 0 Å². The third-order valence-electron chi connectivity index (χ3n) is 7.43. The van der Waals surface area contributed by atoms with Crippen molar-refractivity contribution in [3.05, 3.63) is 59.4 Å². The van der Waals surface area contributed by atoms with Crippen molar-refractivity contribution in [3.63, 3.8) is 0 Å². The molecule has 0 unspecified atom stereocenters. The molecule has 2 fully saturated rings. The summed E-state index contributed by atoms with van der Waals surface area (Å²) in [7, 11) is 0. The number of nitriles is 1. The van der Waals surface area contributed by atoms with Gasteiger partial charge in [0.1, 0.15) is 11.9 Å². The molecule has 3 atom stereocenters. The van der Waals surface area contributed by atoms with E-state index in [1.807, 2.05) is 12.1 Å². The molecule has 168 valence electrons. The molecule has 2 aromatic heterocycles. The fourth-order valence-electron chi connectivity index (χ4n) is 5.87. The number of nitrogens with zero attached hydrogens (tertiary/aromatic N) is 5. The van der Waals surface area contributed by atoms with Crippen molar-refractivity contribution in [2.24, 2.45) is 0 Å². The van der Waals surface area contributed by atoms with Gasteiger partial charge in [0, 0.05) is 61.6 Å². The smallest absolute Gasteiger partial charge is 0.126 e. The van der Waals surface area contributed by atoms with Crippen LogP contribution in [0, 0.1) is 11.3 Å². The zero-order valence-corrected chi connectivity index (χ0v) is 19.0. The highest BCUT2D eigenvalue weighted by Gasteiger charge is 2.40. The molecule has 7 heteroatoms. The molecule has 0 amide bonds. The SMILES string of the molecule is C[C@@H]1CN(c2ccc(C#N)c3ncccc23)C[C@@H]2C[C@@H](Nc3ccc4c(n3)CNCC4)CN21. The number of piperazine rings is 1. The maximum absolute atomic E-state index is 9.49. The molecule has 0 radical (unpaired) electrons. The number of benzene rings is 1. The van der Waals surface area contributed by atoms with Crippen LogP contribution in [-0.2, 0) is 13.0 Å². The van der Waals surface area contributed by atoms with Crippen LogP contribution in [0.4, 0.5) is 11.5 Å². The minimum atomic E-state index is 0.402. The topological polar surface area (TPSA) is 80.1 Å². The van der Waals surface area contributed by atoms with Gasteiger partial charge in [-0.25, -0.2) is 4.98 Å². The second-order valence-electron chi connectivity index (χ2n) is 9.55. The van der Waals surface area contributed by atoms with Crippen LogP contribution in [0.15, 0.2) is 42.6 Å². The van der Waals surface area contributed by atoms with Gasteiger partial charge in [0.25, 0.3) is 0 Å².